The predicted octanol–water partition coefficient (Wildman–Crippen LogP) is 4.58. The summed E-state index contributed by atoms with van der Waals surface area (Å²) in [5.41, 5.74) is 1.29. The van der Waals surface area contributed by atoms with Gasteiger partial charge in [-0.05, 0) is 47.9 Å². The van der Waals surface area contributed by atoms with Crippen molar-refractivity contribution in [2.45, 2.75) is 44.5 Å². The lowest BCUT2D eigenvalue weighted by Crippen LogP contribution is -2.28. The number of nitrogens with one attached hydrogen (secondary N) is 2. The molecule has 0 spiro atoms. The van der Waals surface area contributed by atoms with Gasteiger partial charge >= 0.3 is 6.18 Å². The van der Waals surface area contributed by atoms with Crippen LogP contribution >= 0.6 is 0 Å². The van der Waals surface area contributed by atoms with Gasteiger partial charge < -0.3 is 10.1 Å². The van der Waals surface area contributed by atoms with E-state index in [1.165, 1.54) is 25.1 Å². The standard InChI is InChI=1S/C26H25F4N3O4S/c1-15(16-7-9-22(21(27)13-16)33-38(2,35)36)24(34)31-14-19-8-10-23(26(28,29)30)32-25(19)37-20-11-17-5-3-4-6-18(17)12-20/h3-10,13,15,20,33H,11-12,14H2,1-2H3,(H,31,34). The molecule has 7 nitrogen and oxygen atoms in total. The van der Waals surface area contributed by atoms with Crippen LogP contribution in [0.25, 0.3) is 0 Å². The fourth-order valence-corrected chi connectivity index (χ4v) is 4.76. The van der Waals surface area contributed by atoms with E-state index in [0.29, 0.717) is 12.8 Å². The maximum absolute atomic E-state index is 14.4. The number of sulfonamides is 1. The number of carbonyl (C=O) groups excluding carboxylic acids is 1. The van der Waals surface area contributed by atoms with E-state index in [4.69, 9.17) is 4.74 Å². The molecule has 1 aliphatic carbocycles. The van der Waals surface area contributed by atoms with E-state index in [1.807, 2.05) is 29.0 Å². The molecule has 0 fully saturated rings. The Hall–Kier alpha value is -3.67. The monoisotopic (exact) mass is 551 g/mol. The molecule has 1 aromatic heterocycles. The van der Waals surface area contributed by atoms with Crippen molar-refractivity contribution in [1.29, 1.82) is 0 Å². The highest BCUT2D eigenvalue weighted by Crippen LogP contribution is 2.32. The van der Waals surface area contributed by atoms with Gasteiger partial charge in [0.15, 0.2) is 0 Å². The molecule has 4 rings (SSSR count). The number of nitrogens with zero attached hydrogens (tertiary/aromatic N) is 1. The Balaban J connectivity index is 1.48. The van der Waals surface area contributed by atoms with Crippen LogP contribution in [0.2, 0.25) is 0 Å². The third-order valence-electron chi connectivity index (χ3n) is 6.16. The van der Waals surface area contributed by atoms with E-state index in [-0.39, 0.29) is 29.2 Å². The summed E-state index contributed by atoms with van der Waals surface area (Å²) in [6.07, 6.45) is -3.15. The first kappa shape index (κ1) is 27.4. The summed E-state index contributed by atoms with van der Waals surface area (Å²) < 4.78 is 85.0. The second-order valence-corrected chi connectivity index (χ2v) is 10.9. The number of benzene rings is 2. The summed E-state index contributed by atoms with van der Waals surface area (Å²) in [6, 6.07) is 13.3. The molecule has 2 aromatic carbocycles. The Kier molecular flexibility index (Phi) is 7.63. The van der Waals surface area contributed by atoms with Crippen molar-refractivity contribution in [2.24, 2.45) is 0 Å². The topological polar surface area (TPSA) is 97.4 Å². The molecule has 0 aliphatic heterocycles. The molecule has 0 saturated heterocycles. The average Bonchev–Trinajstić information content (AvgIpc) is 3.24. The van der Waals surface area contributed by atoms with Gasteiger partial charge in [0.05, 0.1) is 17.9 Å². The normalized spacial score (nSPS) is 14.6. The number of hydrogen-bond acceptors (Lipinski definition) is 5. The number of halogens is 4. The summed E-state index contributed by atoms with van der Waals surface area (Å²) >= 11 is 0. The molecule has 1 unspecified atom stereocenters. The summed E-state index contributed by atoms with van der Waals surface area (Å²) in [4.78, 5) is 16.5. The van der Waals surface area contributed by atoms with Gasteiger partial charge in [-0.2, -0.15) is 13.2 Å². The molecule has 38 heavy (non-hydrogen) atoms. The number of amides is 1. The second-order valence-electron chi connectivity index (χ2n) is 9.13. The van der Waals surface area contributed by atoms with Crippen molar-refractivity contribution in [3.8, 4) is 5.88 Å². The lowest BCUT2D eigenvalue weighted by molar-refractivity contribution is -0.141. The highest BCUT2D eigenvalue weighted by molar-refractivity contribution is 7.92. The van der Waals surface area contributed by atoms with Crippen molar-refractivity contribution in [1.82, 2.24) is 10.3 Å². The SMILES string of the molecule is CC(C(=O)NCc1ccc(C(F)(F)F)nc1OC1Cc2ccccc2C1)c1ccc(NS(C)(=O)=O)c(F)c1. The average molecular weight is 552 g/mol. The van der Waals surface area contributed by atoms with Crippen LogP contribution in [0.5, 0.6) is 5.88 Å². The highest BCUT2D eigenvalue weighted by Gasteiger charge is 2.34. The zero-order valence-corrected chi connectivity index (χ0v) is 21.3. The van der Waals surface area contributed by atoms with E-state index in [0.717, 1.165) is 29.5 Å². The predicted molar refractivity (Wildman–Crippen MR) is 133 cm³/mol. The number of hydrogen-bond donors (Lipinski definition) is 2. The first-order valence-corrected chi connectivity index (χ1v) is 13.5. The van der Waals surface area contributed by atoms with Crippen molar-refractivity contribution in [2.75, 3.05) is 11.0 Å². The molecule has 3 aromatic rings. The van der Waals surface area contributed by atoms with Gasteiger partial charge in [-0.1, -0.05) is 30.3 Å². The van der Waals surface area contributed by atoms with Crippen LogP contribution in [-0.4, -0.2) is 31.7 Å². The van der Waals surface area contributed by atoms with Gasteiger partial charge in [-0.15, -0.1) is 0 Å². The van der Waals surface area contributed by atoms with Gasteiger partial charge in [0.2, 0.25) is 21.8 Å². The molecule has 0 saturated carbocycles. The third-order valence-corrected chi connectivity index (χ3v) is 6.75. The molecular weight excluding hydrogens is 526 g/mol. The Bertz CT molecular complexity index is 1440. The van der Waals surface area contributed by atoms with Crippen LogP contribution in [0.15, 0.2) is 54.6 Å². The lowest BCUT2D eigenvalue weighted by Gasteiger charge is -2.19. The Labute approximate surface area is 217 Å². The summed E-state index contributed by atoms with van der Waals surface area (Å²) in [5, 5.41) is 2.64. The maximum Gasteiger partial charge on any atom is 0.433 e. The van der Waals surface area contributed by atoms with Crippen LogP contribution < -0.4 is 14.8 Å². The molecule has 0 bridgehead atoms. The van der Waals surface area contributed by atoms with E-state index < -0.39 is 45.6 Å². The number of aromatic nitrogens is 1. The van der Waals surface area contributed by atoms with E-state index in [1.54, 1.807) is 0 Å². The van der Waals surface area contributed by atoms with E-state index >= 15 is 0 Å². The number of carbonyl (C=O) groups is 1. The number of anilines is 1. The molecule has 1 amide bonds. The highest BCUT2D eigenvalue weighted by atomic mass is 32.2. The first-order valence-electron chi connectivity index (χ1n) is 11.7. The minimum absolute atomic E-state index is 0.167. The third kappa shape index (κ3) is 6.60. The number of fused-ring (bicyclic) bond motifs is 1. The fourth-order valence-electron chi connectivity index (χ4n) is 4.19. The minimum atomic E-state index is -4.67. The Morgan fingerprint density at radius 1 is 1.11 bits per heavy atom. The Morgan fingerprint density at radius 3 is 2.34 bits per heavy atom. The van der Waals surface area contributed by atoms with Crippen molar-refractivity contribution < 1.29 is 35.5 Å². The van der Waals surface area contributed by atoms with Crippen molar-refractivity contribution in [3.63, 3.8) is 0 Å². The van der Waals surface area contributed by atoms with E-state index in [2.05, 4.69) is 10.3 Å². The van der Waals surface area contributed by atoms with Gasteiger partial charge in [0.25, 0.3) is 0 Å². The van der Waals surface area contributed by atoms with Gasteiger partial charge in [0, 0.05) is 24.9 Å². The van der Waals surface area contributed by atoms with Crippen LogP contribution in [0.1, 0.15) is 40.8 Å². The number of alkyl halides is 3. The smallest absolute Gasteiger partial charge is 0.433 e. The molecule has 1 atom stereocenters. The van der Waals surface area contributed by atoms with Gasteiger partial charge in [-0.25, -0.2) is 17.8 Å². The molecule has 12 heteroatoms. The van der Waals surface area contributed by atoms with Crippen LogP contribution in [-0.2, 0) is 40.4 Å². The zero-order valence-electron chi connectivity index (χ0n) is 20.5. The van der Waals surface area contributed by atoms with Crippen molar-refractivity contribution in [3.05, 3.63) is 88.4 Å². The molecule has 2 N–H and O–H groups in total. The summed E-state index contributed by atoms with van der Waals surface area (Å²) in [5.74, 6) is -2.43. The minimum Gasteiger partial charge on any atom is -0.473 e. The van der Waals surface area contributed by atoms with Crippen LogP contribution in [0.4, 0.5) is 23.2 Å². The zero-order chi connectivity index (χ0) is 27.7. The lowest BCUT2D eigenvalue weighted by atomic mass is 9.99. The maximum atomic E-state index is 14.4. The molecular formula is C26H25F4N3O4S. The largest absolute Gasteiger partial charge is 0.473 e. The first-order chi connectivity index (χ1) is 17.8. The number of pyridine rings is 1. The van der Waals surface area contributed by atoms with Gasteiger partial charge in [-0.3, -0.25) is 9.52 Å². The summed E-state index contributed by atoms with van der Waals surface area (Å²) in [6.45, 7) is 1.35. The molecule has 202 valence electrons. The number of ether oxygens (including phenoxy) is 1. The molecule has 0 radical (unpaired) electrons. The summed E-state index contributed by atoms with van der Waals surface area (Å²) in [7, 11) is -3.69. The van der Waals surface area contributed by atoms with E-state index in [9.17, 15) is 30.8 Å². The fraction of sp³-hybridized carbons (Fsp3) is 0.308. The van der Waals surface area contributed by atoms with Crippen molar-refractivity contribution >= 4 is 21.6 Å². The van der Waals surface area contributed by atoms with Gasteiger partial charge in [0.1, 0.15) is 17.6 Å². The van der Waals surface area contributed by atoms with Crippen LogP contribution in [0, 0.1) is 5.82 Å². The number of rotatable bonds is 8. The molecule has 1 aliphatic rings. The van der Waals surface area contributed by atoms with Crippen LogP contribution in [0.3, 0.4) is 0 Å². The second kappa shape index (κ2) is 10.6. The molecule has 1 heterocycles. The quantitative estimate of drug-likeness (QED) is 0.400. The Morgan fingerprint density at radius 2 is 1.76 bits per heavy atom.